The topological polar surface area (TPSA) is 53.5 Å². The van der Waals surface area contributed by atoms with Gasteiger partial charge in [-0.2, -0.15) is 0 Å². The number of nitrogens with zero attached hydrogens (tertiary/aromatic N) is 2. The van der Waals surface area contributed by atoms with Crippen molar-refractivity contribution < 1.29 is 14.2 Å². The molecule has 0 amide bonds. The van der Waals surface area contributed by atoms with Gasteiger partial charge < -0.3 is 14.2 Å². The Morgan fingerprint density at radius 3 is 2.58 bits per heavy atom. The summed E-state index contributed by atoms with van der Waals surface area (Å²) >= 11 is 0. The van der Waals surface area contributed by atoms with Crippen molar-refractivity contribution in [2.24, 2.45) is 0 Å². The fourth-order valence-corrected chi connectivity index (χ4v) is 1.30. The number of ether oxygens (including phenoxy) is 3. The molecule has 0 N–H and O–H groups in total. The van der Waals surface area contributed by atoms with E-state index in [1.54, 1.807) is 19.4 Å². The highest BCUT2D eigenvalue weighted by Crippen LogP contribution is 2.19. The fourth-order valence-electron chi connectivity index (χ4n) is 1.30. The van der Waals surface area contributed by atoms with Crippen LogP contribution in [0, 0.1) is 0 Å². The van der Waals surface area contributed by atoms with Crippen molar-refractivity contribution in [2.45, 2.75) is 39.9 Å². The number of hydrogen-bond acceptors (Lipinski definition) is 5. The molecular weight excluding hydrogens is 244 g/mol. The summed E-state index contributed by atoms with van der Waals surface area (Å²) < 4.78 is 16.1. The molecule has 1 heterocycles. The van der Waals surface area contributed by atoms with Gasteiger partial charge in [0.05, 0.1) is 37.9 Å². The minimum atomic E-state index is -0.213. The largest absolute Gasteiger partial charge is 0.501 e. The van der Waals surface area contributed by atoms with Crippen LogP contribution in [0.2, 0.25) is 0 Å². The third-order valence-electron chi connectivity index (χ3n) is 2.21. The lowest BCUT2D eigenvalue weighted by molar-refractivity contribution is -0.0159. The van der Waals surface area contributed by atoms with Crippen LogP contribution in [0.3, 0.4) is 0 Å². The lowest BCUT2D eigenvalue weighted by Gasteiger charge is -2.20. The summed E-state index contributed by atoms with van der Waals surface area (Å²) in [6.45, 7) is 8.99. The van der Waals surface area contributed by atoms with Gasteiger partial charge in [0.25, 0.3) is 0 Å². The smallest absolute Gasteiger partial charge is 0.238 e. The van der Waals surface area contributed by atoms with Crippen molar-refractivity contribution in [3.8, 4) is 5.88 Å². The molecule has 5 heteroatoms. The fraction of sp³-hybridized carbons (Fsp3) is 0.571. The summed E-state index contributed by atoms with van der Waals surface area (Å²) in [5.74, 6) is 0.484. The van der Waals surface area contributed by atoms with Gasteiger partial charge in [0, 0.05) is 11.6 Å². The second-order valence-corrected chi connectivity index (χ2v) is 4.96. The van der Waals surface area contributed by atoms with E-state index in [0.29, 0.717) is 24.8 Å². The maximum atomic E-state index is 5.74. The monoisotopic (exact) mass is 266 g/mol. The Kier molecular flexibility index (Phi) is 5.76. The van der Waals surface area contributed by atoms with Crippen molar-refractivity contribution in [1.82, 2.24) is 10.2 Å². The van der Waals surface area contributed by atoms with Crippen LogP contribution in [-0.4, -0.2) is 29.5 Å². The van der Waals surface area contributed by atoms with Gasteiger partial charge in [-0.3, -0.25) is 0 Å². The summed E-state index contributed by atoms with van der Waals surface area (Å²) in [4.78, 5) is 0. The molecule has 0 aliphatic heterocycles. The number of methoxy groups -OCH3 is 1. The van der Waals surface area contributed by atoms with Gasteiger partial charge in [-0.1, -0.05) is 0 Å². The van der Waals surface area contributed by atoms with Gasteiger partial charge in [-0.05, 0) is 33.8 Å². The van der Waals surface area contributed by atoms with E-state index in [9.17, 15) is 0 Å². The molecule has 5 nitrogen and oxygen atoms in total. The first-order valence-corrected chi connectivity index (χ1v) is 6.29. The predicted octanol–water partition coefficient (Wildman–Crippen LogP) is 2.81. The van der Waals surface area contributed by atoms with Crippen LogP contribution in [0.4, 0.5) is 0 Å². The standard InChI is InChI=1S/C14H22N2O3/c1-6-18-8-7-12-9-11(10-19-14(2,3)4)13(17-5)16-15-12/h7-9H,6,10H2,1-5H3. The molecule has 0 spiro atoms. The highest BCUT2D eigenvalue weighted by Gasteiger charge is 2.13. The van der Waals surface area contributed by atoms with Gasteiger partial charge in [0.1, 0.15) is 0 Å². The molecule has 106 valence electrons. The molecule has 1 rings (SSSR count). The number of rotatable bonds is 6. The molecule has 0 saturated carbocycles. The lowest BCUT2D eigenvalue weighted by Crippen LogP contribution is -2.19. The minimum absolute atomic E-state index is 0.213. The average Bonchev–Trinajstić information content (AvgIpc) is 2.36. The van der Waals surface area contributed by atoms with Gasteiger partial charge in [-0.15, -0.1) is 10.2 Å². The second kappa shape index (κ2) is 7.09. The quantitative estimate of drug-likeness (QED) is 0.741. The molecule has 1 aromatic heterocycles. The lowest BCUT2D eigenvalue weighted by atomic mass is 10.2. The van der Waals surface area contributed by atoms with E-state index in [0.717, 1.165) is 5.56 Å². The van der Waals surface area contributed by atoms with Crippen LogP contribution in [0.25, 0.3) is 6.08 Å². The molecule has 0 bridgehead atoms. The van der Waals surface area contributed by atoms with E-state index in [1.807, 2.05) is 33.8 Å². The van der Waals surface area contributed by atoms with Crippen LogP contribution in [0.5, 0.6) is 5.88 Å². The molecule has 0 radical (unpaired) electrons. The Hall–Kier alpha value is -1.62. The van der Waals surface area contributed by atoms with Crippen molar-refractivity contribution in [2.75, 3.05) is 13.7 Å². The molecule has 1 aromatic rings. The molecular formula is C14H22N2O3. The molecule has 0 fully saturated rings. The molecule has 0 unspecified atom stereocenters. The zero-order chi connectivity index (χ0) is 14.3. The van der Waals surface area contributed by atoms with E-state index < -0.39 is 0 Å². The maximum absolute atomic E-state index is 5.74. The first-order chi connectivity index (χ1) is 8.96. The summed E-state index contributed by atoms with van der Waals surface area (Å²) in [6.07, 6.45) is 3.36. The van der Waals surface area contributed by atoms with Crippen LogP contribution in [0.1, 0.15) is 39.0 Å². The van der Waals surface area contributed by atoms with Gasteiger partial charge in [0.2, 0.25) is 5.88 Å². The normalized spacial score (nSPS) is 11.8. The summed E-state index contributed by atoms with van der Waals surface area (Å²) in [5.41, 5.74) is 1.36. The van der Waals surface area contributed by atoms with Crippen LogP contribution >= 0.6 is 0 Å². The van der Waals surface area contributed by atoms with E-state index in [-0.39, 0.29) is 5.60 Å². The summed E-state index contributed by atoms with van der Waals surface area (Å²) in [6, 6.07) is 1.88. The van der Waals surface area contributed by atoms with Crippen molar-refractivity contribution in [1.29, 1.82) is 0 Å². The Morgan fingerprint density at radius 1 is 1.26 bits per heavy atom. The maximum Gasteiger partial charge on any atom is 0.238 e. The van der Waals surface area contributed by atoms with Crippen LogP contribution in [0.15, 0.2) is 12.3 Å². The van der Waals surface area contributed by atoms with Crippen molar-refractivity contribution in [3.05, 3.63) is 23.6 Å². The number of hydrogen-bond donors (Lipinski definition) is 0. The highest BCUT2D eigenvalue weighted by molar-refractivity contribution is 5.45. The van der Waals surface area contributed by atoms with Gasteiger partial charge >= 0.3 is 0 Å². The van der Waals surface area contributed by atoms with Crippen LogP contribution < -0.4 is 4.74 Å². The number of aromatic nitrogens is 2. The Bertz CT molecular complexity index is 425. The van der Waals surface area contributed by atoms with Crippen molar-refractivity contribution >= 4 is 6.08 Å². The molecule has 0 aliphatic carbocycles. The van der Waals surface area contributed by atoms with E-state index in [4.69, 9.17) is 14.2 Å². The average molecular weight is 266 g/mol. The van der Waals surface area contributed by atoms with E-state index >= 15 is 0 Å². The second-order valence-electron chi connectivity index (χ2n) is 4.96. The third-order valence-corrected chi connectivity index (χ3v) is 2.21. The SMILES string of the molecule is CCOC=Cc1cc(COC(C)(C)C)c(OC)nn1. The molecule has 0 aliphatic rings. The first-order valence-electron chi connectivity index (χ1n) is 6.29. The highest BCUT2D eigenvalue weighted by atomic mass is 16.5. The van der Waals surface area contributed by atoms with Gasteiger partial charge in [-0.25, -0.2) is 0 Å². The van der Waals surface area contributed by atoms with Gasteiger partial charge in [0.15, 0.2) is 0 Å². The summed E-state index contributed by atoms with van der Waals surface area (Å²) in [5, 5.41) is 8.05. The minimum Gasteiger partial charge on any atom is -0.501 e. The molecule has 0 aromatic carbocycles. The zero-order valence-corrected chi connectivity index (χ0v) is 12.3. The molecule has 0 saturated heterocycles. The van der Waals surface area contributed by atoms with Crippen molar-refractivity contribution in [3.63, 3.8) is 0 Å². The van der Waals surface area contributed by atoms with E-state index in [2.05, 4.69) is 10.2 Å². The first kappa shape index (κ1) is 15.4. The Morgan fingerprint density at radius 2 is 2.00 bits per heavy atom. The van der Waals surface area contributed by atoms with Crippen LogP contribution in [-0.2, 0) is 16.1 Å². The molecule has 19 heavy (non-hydrogen) atoms. The third kappa shape index (κ3) is 5.70. The predicted molar refractivity (Wildman–Crippen MR) is 73.8 cm³/mol. The molecule has 0 atom stereocenters. The Balaban J connectivity index is 2.83. The zero-order valence-electron chi connectivity index (χ0n) is 12.3. The van der Waals surface area contributed by atoms with E-state index in [1.165, 1.54) is 0 Å². The summed E-state index contributed by atoms with van der Waals surface area (Å²) in [7, 11) is 1.57. The Labute approximate surface area is 114 Å².